The Balaban J connectivity index is 2.33. The molecule has 0 fully saturated rings. The van der Waals surface area contributed by atoms with Gasteiger partial charge in [-0.05, 0) is 30.3 Å². The Kier molecular flexibility index (Phi) is 4.83. The van der Waals surface area contributed by atoms with Crippen molar-refractivity contribution in [1.82, 2.24) is 10.2 Å². The van der Waals surface area contributed by atoms with Gasteiger partial charge >= 0.3 is 5.97 Å². The number of nitrogens with one attached hydrogen (secondary N) is 1. The number of esters is 1. The number of benzene rings is 1. The lowest BCUT2D eigenvalue weighted by Crippen LogP contribution is -2.06. The fourth-order valence-corrected chi connectivity index (χ4v) is 1.76. The fraction of sp³-hybridized carbons (Fsp3) is 0.0625. The molecule has 110 valence electrons. The minimum absolute atomic E-state index is 0.0219. The van der Waals surface area contributed by atoms with Crippen molar-refractivity contribution in [3.8, 4) is 17.3 Å². The number of hydrogen-bond acceptors (Lipinski definition) is 4. The highest BCUT2D eigenvalue weighted by atomic mass is 19.1. The second kappa shape index (κ2) is 6.99. The van der Waals surface area contributed by atoms with E-state index in [-0.39, 0.29) is 18.0 Å². The molecule has 1 heterocycles. The molecular weight excluding hydrogens is 285 g/mol. The quantitative estimate of drug-likeness (QED) is 0.398. The molecule has 2 aromatic rings. The SMILES string of the molecule is C=CCOC(=O)/C(C#N)=C/c1cn[nH]c1-c1ccc(F)cc1. The summed E-state index contributed by atoms with van der Waals surface area (Å²) in [5.41, 5.74) is 1.62. The molecular formula is C16H12FN3O2. The zero-order valence-electron chi connectivity index (χ0n) is 11.5. The lowest BCUT2D eigenvalue weighted by atomic mass is 10.1. The largest absolute Gasteiger partial charge is 0.457 e. The smallest absolute Gasteiger partial charge is 0.349 e. The summed E-state index contributed by atoms with van der Waals surface area (Å²) in [5.74, 6) is -1.10. The van der Waals surface area contributed by atoms with Gasteiger partial charge in [0.1, 0.15) is 24.1 Å². The van der Waals surface area contributed by atoms with Gasteiger partial charge in [0.2, 0.25) is 0 Å². The van der Waals surface area contributed by atoms with E-state index in [1.54, 1.807) is 18.2 Å². The number of nitriles is 1. The third-order valence-electron chi connectivity index (χ3n) is 2.77. The highest BCUT2D eigenvalue weighted by Crippen LogP contribution is 2.23. The Morgan fingerprint density at radius 3 is 2.82 bits per heavy atom. The van der Waals surface area contributed by atoms with Crippen molar-refractivity contribution in [2.75, 3.05) is 6.61 Å². The van der Waals surface area contributed by atoms with Crippen LogP contribution in [0.15, 0.2) is 48.7 Å². The van der Waals surface area contributed by atoms with Crippen LogP contribution < -0.4 is 0 Å². The van der Waals surface area contributed by atoms with E-state index in [4.69, 9.17) is 10.00 Å². The molecule has 0 spiro atoms. The van der Waals surface area contributed by atoms with Crippen LogP contribution in [0.1, 0.15) is 5.56 Å². The first kappa shape index (κ1) is 15.2. The summed E-state index contributed by atoms with van der Waals surface area (Å²) in [5, 5.41) is 15.7. The average molecular weight is 297 g/mol. The Hall–Kier alpha value is -3.20. The van der Waals surface area contributed by atoms with Gasteiger partial charge in [-0.15, -0.1) is 0 Å². The summed E-state index contributed by atoms with van der Waals surface area (Å²) >= 11 is 0. The summed E-state index contributed by atoms with van der Waals surface area (Å²) in [7, 11) is 0. The first-order valence-corrected chi connectivity index (χ1v) is 6.35. The summed E-state index contributed by atoms with van der Waals surface area (Å²) in [6, 6.07) is 7.56. The van der Waals surface area contributed by atoms with Crippen molar-refractivity contribution >= 4 is 12.0 Å². The first-order chi connectivity index (χ1) is 10.7. The molecule has 0 bridgehead atoms. The summed E-state index contributed by atoms with van der Waals surface area (Å²) in [6.07, 6.45) is 4.25. The van der Waals surface area contributed by atoms with Crippen molar-refractivity contribution in [2.24, 2.45) is 0 Å². The zero-order chi connectivity index (χ0) is 15.9. The molecule has 0 radical (unpaired) electrons. The van der Waals surface area contributed by atoms with Gasteiger partial charge in [0.25, 0.3) is 0 Å². The number of ether oxygens (including phenoxy) is 1. The third-order valence-corrected chi connectivity index (χ3v) is 2.77. The molecule has 0 atom stereocenters. The van der Waals surface area contributed by atoms with Crippen LogP contribution in [0.3, 0.4) is 0 Å². The fourth-order valence-electron chi connectivity index (χ4n) is 1.76. The molecule has 5 nitrogen and oxygen atoms in total. The van der Waals surface area contributed by atoms with Crippen molar-refractivity contribution in [3.63, 3.8) is 0 Å². The van der Waals surface area contributed by atoms with Crippen LogP contribution in [0.25, 0.3) is 17.3 Å². The molecule has 0 unspecified atom stereocenters. The number of aromatic nitrogens is 2. The van der Waals surface area contributed by atoms with Gasteiger partial charge in [-0.3, -0.25) is 5.10 Å². The van der Waals surface area contributed by atoms with Gasteiger partial charge in [-0.25, -0.2) is 9.18 Å². The van der Waals surface area contributed by atoms with E-state index in [9.17, 15) is 9.18 Å². The number of carbonyl (C=O) groups excluding carboxylic acids is 1. The van der Waals surface area contributed by atoms with E-state index in [1.807, 2.05) is 0 Å². The topological polar surface area (TPSA) is 78.8 Å². The highest BCUT2D eigenvalue weighted by Gasteiger charge is 2.13. The maximum atomic E-state index is 13.0. The van der Waals surface area contributed by atoms with E-state index < -0.39 is 5.97 Å². The Morgan fingerprint density at radius 1 is 1.45 bits per heavy atom. The van der Waals surface area contributed by atoms with Crippen molar-refractivity contribution in [2.45, 2.75) is 0 Å². The third kappa shape index (κ3) is 3.46. The molecule has 0 amide bonds. The van der Waals surface area contributed by atoms with E-state index in [2.05, 4.69) is 16.8 Å². The van der Waals surface area contributed by atoms with Gasteiger partial charge in [-0.2, -0.15) is 10.4 Å². The van der Waals surface area contributed by atoms with Crippen LogP contribution in [-0.4, -0.2) is 22.8 Å². The molecule has 0 aliphatic carbocycles. The monoisotopic (exact) mass is 297 g/mol. The molecule has 0 aliphatic rings. The summed E-state index contributed by atoms with van der Waals surface area (Å²) in [6.45, 7) is 3.45. The minimum atomic E-state index is -0.742. The first-order valence-electron chi connectivity index (χ1n) is 6.35. The Labute approximate surface area is 126 Å². The molecule has 0 saturated carbocycles. The van der Waals surface area contributed by atoms with Crippen molar-refractivity contribution in [1.29, 1.82) is 5.26 Å². The number of rotatable bonds is 5. The molecule has 0 saturated heterocycles. The van der Waals surface area contributed by atoms with Crippen LogP contribution >= 0.6 is 0 Å². The van der Waals surface area contributed by atoms with E-state index in [0.717, 1.165) is 0 Å². The van der Waals surface area contributed by atoms with Crippen LogP contribution in [0, 0.1) is 17.1 Å². The van der Waals surface area contributed by atoms with E-state index in [0.29, 0.717) is 16.8 Å². The van der Waals surface area contributed by atoms with Crippen LogP contribution in [0.2, 0.25) is 0 Å². The highest BCUT2D eigenvalue weighted by molar-refractivity contribution is 5.98. The van der Waals surface area contributed by atoms with Crippen molar-refractivity contribution in [3.05, 3.63) is 60.1 Å². The lowest BCUT2D eigenvalue weighted by molar-refractivity contribution is -0.137. The molecule has 1 aromatic heterocycles. The van der Waals surface area contributed by atoms with Gasteiger partial charge in [-0.1, -0.05) is 12.7 Å². The number of H-pyrrole nitrogens is 1. The van der Waals surface area contributed by atoms with E-state index in [1.165, 1.54) is 30.5 Å². The molecule has 22 heavy (non-hydrogen) atoms. The van der Waals surface area contributed by atoms with Crippen LogP contribution in [0.5, 0.6) is 0 Å². The molecule has 6 heteroatoms. The predicted octanol–water partition coefficient (Wildman–Crippen LogP) is 2.85. The Bertz CT molecular complexity index is 754. The second-order valence-corrected chi connectivity index (χ2v) is 4.26. The van der Waals surface area contributed by atoms with Crippen LogP contribution in [-0.2, 0) is 9.53 Å². The second-order valence-electron chi connectivity index (χ2n) is 4.26. The molecule has 0 aliphatic heterocycles. The van der Waals surface area contributed by atoms with E-state index >= 15 is 0 Å². The van der Waals surface area contributed by atoms with Gasteiger partial charge < -0.3 is 4.74 Å². The van der Waals surface area contributed by atoms with Gasteiger partial charge in [0, 0.05) is 11.1 Å². The summed E-state index contributed by atoms with van der Waals surface area (Å²) in [4.78, 5) is 11.7. The molecule has 1 N–H and O–H groups in total. The number of carbonyl (C=O) groups is 1. The average Bonchev–Trinajstić information content (AvgIpc) is 2.99. The van der Waals surface area contributed by atoms with Gasteiger partial charge in [0.05, 0.1) is 11.9 Å². The molecule has 2 rings (SSSR count). The maximum Gasteiger partial charge on any atom is 0.349 e. The standard InChI is InChI=1S/C16H12FN3O2/c1-2-7-22-16(21)12(9-18)8-13-10-19-20-15(13)11-3-5-14(17)6-4-11/h2-6,8,10H,1,7H2,(H,19,20)/b12-8+. The zero-order valence-corrected chi connectivity index (χ0v) is 11.5. The van der Waals surface area contributed by atoms with Gasteiger partial charge in [0.15, 0.2) is 0 Å². The number of hydrogen-bond donors (Lipinski definition) is 1. The minimum Gasteiger partial charge on any atom is -0.457 e. The Morgan fingerprint density at radius 2 is 2.18 bits per heavy atom. The molecule has 1 aromatic carbocycles. The lowest BCUT2D eigenvalue weighted by Gasteiger charge is -2.02. The van der Waals surface area contributed by atoms with Crippen LogP contribution in [0.4, 0.5) is 4.39 Å². The summed E-state index contributed by atoms with van der Waals surface area (Å²) < 4.78 is 17.8. The number of nitrogens with zero attached hydrogens (tertiary/aromatic N) is 2. The normalized spacial score (nSPS) is 10.8. The number of aromatic amines is 1. The predicted molar refractivity (Wildman–Crippen MR) is 78.7 cm³/mol. The van der Waals surface area contributed by atoms with Crippen molar-refractivity contribution < 1.29 is 13.9 Å². The number of halogens is 1. The maximum absolute atomic E-state index is 13.0.